The first-order valence-corrected chi connectivity index (χ1v) is 8.89. The Labute approximate surface area is 153 Å². The average molecular weight is 406 g/mol. The Morgan fingerprint density at radius 3 is 2.80 bits per heavy atom. The molecule has 8 nitrogen and oxygen atoms in total. The molecular weight excluding hydrogens is 386 g/mol. The normalized spacial score (nSPS) is 11.2. The zero-order valence-corrected chi connectivity index (χ0v) is 15.5. The van der Waals surface area contributed by atoms with E-state index in [1.54, 1.807) is 6.20 Å². The van der Waals surface area contributed by atoms with Crippen LogP contribution in [0, 0.1) is 0 Å². The minimum Gasteiger partial charge on any atom is -0.392 e. The summed E-state index contributed by atoms with van der Waals surface area (Å²) in [6.07, 6.45) is 3.78. The fraction of sp³-hybridized carbons (Fsp3) is 0.375. The maximum absolute atomic E-state index is 9.12. The standard InChI is InChI=1S/C16H20BrN7O/c1-2-3-6-19-16-22-13(18)12-14(23-16)24(15(17)21-12)8-11-5-4-10(9-25)7-20-11/h4-5,7,25H,2-3,6,8-9H2,1H3,(H3,18,19,22,23). The van der Waals surface area contributed by atoms with Gasteiger partial charge < -0.3 is 16.2 Å². The Balaban J connectivity index is 1.94. The van der Waals surface area contributed by atoms with Gasteiger partial charge >= 0.3 is 0 Å². The Morgan fingerprint density at radius 1 is 1.28 bits per heavy atom. The van der Waals surface area contributed by atoms with Gasteiger partial charge in [0, 0.05) is 12.7 Å². The van der Waals surface area contributed by atoms with Crippen molar-refractivity contribution in [3.8, 4) is 0 Å². The van der Waals surface area contributed by atoms with Gasteiger partial charge in [-0.3, -0.25) is 9.55 Å². The molecule has 0 aliphatic rings. The summed E-state index contributed by atoms with van der Waals surface area (Å²) in [4.78, 5) is 17.6. The highest BCUT2D eigenvalue weighted by Crippen LogP contribution is 2.24. The molecule has 0 spiro atoms. The molecule has 9 heteroatoms. The highest BCUT2D eigenvalue weighted by molar-refractivity contribution is 9.10. The second kappa shape index (κ2) is 7.75. The molecule has 0 atom stereocenters. The fourth-order valence-electron chi connectivity index (χ4n) is 2.40. The number of nitrogens with one attached hydrogen (secondary N) is 1. The second-order valence-corrected chi connectivity index (χ2v) is 6.38. The zero-order chi connectivity index (χ0) is 17.8. The van der Waals surface area contributed by atoms with Crippen molar-refractivity contribution in [2.45, 2.75) is 32.9 Å². The number of aliphatic hydroxyl groups excluding tert-OH is 1. The lowest BCUT2D eigenvalue weighted by Crippen LogP contribution is -2.09. The van der Waals surface area contributed by atoms with Crippen molar-refractivity contribution in [1.82, 2.24) is 24.5 Å². The number of hydrogen-bond donors (Lipinski definition) is 3. The lowest BCUT2D eigenvalue weighted by Gasteiger charge is -2.08. The molecule has 3 aromatic rings. The average Bonchev–Trinajstić information content (AvgIpc) is 2.93. The SMILES string of the molecule is CCCCNc1nc(N)c2nc(Br)n(Cc3ccc(CO)cn3)c2n1. The zero-order valence-electron chi connectivity index (χ0n) is 13.9. The summed E-state index contributed by atoms with van der Waals surface area (Å²) in [7, 11) is 0. The number of nitrogen functional groups attached to an aromatic ring is 1. The Bertz CT molecular complexity index is 863. The van der Waals surface area contributed by atoms with Crippen molar-refractivity contribution in [2.24, 2.45) is 0 Å². The minimum absolute atomic E-state index is 0.0263. The molecule has 132 valence electrons. The van der Waals surface area contributed by atoms with Crippen molar-refractivity contribution in [3.05, 3.63) is 34.3 Å². The maximum atomic E-state index is 9.12. The largest absolute Gasteiger partial charge is 0.392 e. The van der Waals surface area contributed by atoms with Crippen LogP contribution in [0.2, 0.25) is 0 Å². The Morgan fingerprint density at radius 2 is 2.12 bits per heavy atom. The van der Waals surface area contributed by atoms with Crippen molar-refractivity contribution in [2.75, 3.05) is 17.6 Å². The first kappa shape index (κ1) is 17.6. The highest BCUT2D eigenvalue weighted by atomic mass is 79.9. The van der Waals surface area contributed by atoms with E-state index in [1.807, 2.05) is 16.7 Å². The molecule has 0 saturated carbocycles. The van der Waals surface area contributed by atoms with E-state index < -0.39 is 0 Å². The van der Waals surface area contributed by atoms with Gasteiger partial charge in [-0.05, 0) is 34.0 Å². The van der Waals surface area contributed by atoms with E-state index in [4.69, 9.17) is 10.8 Å². The third-order valence-corrected chi connectivity index (χ3v) is 4.38. The molecular formula is C16H20BrN7O. The maximum Gasteiger partial charge on any atom is 0.226 e. The molecule has 0 saturated heterocycles. The smallest absolute Gasteiger partial charge is 0.226 e. The number of nitrogens with two attached hydrogens (primary N) is 1. The molecule has 3 heterocycles. The van der Waals surface area contributed by atoms with Crippen LogP contribution in [-0.4, -0.2) is 36.2 Å². The quantitative estimate of drug-likeness (QED) is 0.408. The first-order chi connectivity index (χ1) is 12.1. The van der Waals surface area contributed by atoms with Crippen LogP contribution in [0.5, 0.6) is 0 Å². The van der Waals surface area contributed by atoms with Crippen molar-refractivity contribution >= 4 is 38.9 Å². The molecule has 4 N–H and O–H groups in total. The van der Waals surface area contributed by atoms with E-state index >= 15 is 0 Å². The molecule has 0 aliphatic carbocycles. The van der Waals surface area contributed by atoms with Gasteiger partial charge in [-0.25, -0.2) is 4.98 Å². The van der Waals surface area contributed by atoms with E-state index in [2.05, 4.69) is 48.1 Å². The van der Waals surface area contributed by atoms with Crippen LogP contribution < -0.4 is 11.1 Å². The topological polar surface area (TPSA) is 115 Å². The van der Waals surface area contributed by atoms with Gasteiger partial charge in [-0.2, -0.15) is 9.97 Å². The van der Waals surface area contributed by atoms with Crippen LogP contribution in [0.3, 0.4) is 0 Å². The number of pyridine rings is 1. The van der Waals surface area contributed by atoms with Crippen LogP contribution in [0.25, 0.3) is 11.2 Å². The fourth-order valence-corrected chi connectivity index (χ4v) is 2.87. The summed E-state index contributed by atoms with van der Waals surface area (Å²) in [5, 5.41) is 12.3. The van der Waals surface area contributed by atoms with Crippen LogP contribution in [0.15, 0.2) is 23.1 Å². The van der Waals surface area contributed by atoms with Gasteiger partial charge in [0.2, 0.25) is 5.95 Å². The Hall–Kier alpha value is -2.26. The van der Waals surface area contributed by atoms with Crippen LogP contribution in [0.1, 0.15) is 31.0 Å². The van der Waals surface area contributed by atoms with Gasteiger partial charge in [0.25, 0.3) is 0 Å². The van der Waals surface area contributed by atoms with Gasteiger partial charge in [0.1, 0.15) is 0 Å². The predicted octanol–water partition coefficient (Wildman–Crippen LogP) is 2.32. The number of unbranched alkanes of at least 4 members (excludes halogenated alkanes) is 1. The number of imidazole rings is 1. The van der Waals surface area contributed by atoms with Gasteiger partial charge in [0.15, 0.2) is 21.7 Å². The minimum atomic E-state index is -0.0263. The van der Waals surface area contributed by atoms with Crippen LogP contribution in [-0.2, 0) is 13.2 Å². The number of aliphatic hydroxyl groups is 1. The molecule has 0 fully saturated rings. The summed E-state index contributed by atoms with van der Waals surface area (Å²) in [6, 6.07) is 3.71. The number of aromatic nitrogens is 5. The molecule has 0 unspecified atom stereocenters. The van der Waals surface area contributed by atoms with E-state index in [0.717, 1.165) is 30.6 Å². The first-order valence-electron chi connectivity index (χ1n) is 8.10. The monoisotopic (exact) mass is 405 g/mol. The van der Waals surface area contributed by atoms with E-state index in [9.17, 15) is 0 Å². The van der Waals surface area contributed by atoms with E-state index in [1.165, 1.54) is 0 Å². The lowest BCUT2D eigenvalue weighted by molar-refractivity contribution is 0.281. The lowest BCUT2D eigenvalue weighted by atomic mass is 10.2. The summed E-state index contributed by atoms with van der Waals surface area (Å²) in [5.41, 5.74) is 8.84. The van der Waals surface area contributed by atoms with Crippen LogP contribution >= 0.6 is 15.9 Å². The molecule has 0 radical (unpaired) electrons. The van der Waals surface area contributed by atoms with E-state index in [0.29, 0.717) is 34.2 Å². The summed E-state index contributed by atoms with van der Waals surface area (Å²) in [5.74, 6) is 0.836. The molecule has 0 aliphatic heterocycles. The molecule has 0 amide bonds. The Kier molecular flexibility index (Phi) is 5.44. The molecule has 3 aromatic heterocycles. The molecule has 0 aromatic carbocycles. The number of anilines is 2. The number of halogens is 1. The molecule has 25 heavy (non-hydrogen) atoms. The van der Waals surface area contributed by atoms with Gasteiger partial charge in [-0.15, -0.1) is 0 Å². The second-order valence-electron chi connectivity index (χ2n) is 5.67. The number of rotatable bonds is 7. The third-order valence-electron chi connectivity index (χ3n) is 3.78. The number of fused-ring (bicyclic) bond motifs is 1. The van der Waals surface area contributed by atoms with E-state index in [-0.39, 0.29) is 6.61 Å². The van der Waals surface area contributed by atoms with Crippen molar-refractivity contribution in [3.63, 3.8) is 0 Å². The molecule has 0 bridgehead atoms. The van der Waals surface area contributed by atoms with Crippen molar-refractivity contribution < 1.29 is 5.11 Å². The summed E-state index contributed by atoms with van der Waals surface area (Å²) in [6.45, 7) is 3.37. The summed E-state index contributed by atoms with van der Waals surface area (Å²) < 4.78 is 2.50. The predicted molar refractivity (Wildman–Crippen MR) is 100 cm³/mol. The number of nitrogens with zero attached hydrogens (tertiary/aromatic N) is 5. The highest BCUT2D eigenvalue weighted by Gasteiger charge is 2.16. The third kappa shape index (κ3) is 3.88. The number of hydrogen-bond acceptors (Lipinski definition) is 7. The van der Waals surface area contributed by atoms with Crippen LogP contribution in [0.4, 0.5) is 11.8 Å². The summed E-state index contributed by atoms with van der Waals surface area (Å²) >= 11 is 3.46. The van der Waals surface area contributed by atoms with Crippen molar-refractivity contribution in [1.29, 1.82) is 0 Å². The molecule has 3 rings (SSSR count). The van der Waals surface area contributed by atoms with Gasteiger partial charge in [0.05, 0.1) is 18.8 Å². The van der Waals surface area contributed by atoms with Gasteiger partial charge in [-0.1, -0.05) is 19.4 Å².